The average Bonchev–Trinajstić information content (AvgIpc) is 2.42. The highest BCUT2D eigenvalue weighted by molar-refractivity contribution is 5.42. The molecular weight excluding hydrogens is 253 g/mol. The first kappa shape index (κ1) is 14.5. The summed E-state index contributed by atoms with van der Waals surface area (Å²) in [6, 6.07) is 10.6. The summed E-state index contributed by atoms with van der Waals surface area (Å²) in [4.78, 5) is 0. The number of rotatable bonds is 4. The summed E-state index contributed by atoms with van der Waals surface area (Å²) in [7, 11) is 0. The van der Waals surface area contributed by atoms with Gasteiger partial charge >= 0.3 is 0 Å². The van der Waals surface area contributed by atoms with Crippen molar-refractivity contribution in [2.45, 2.75) is 33.4 Å². The molecule has 2 nitrogen and oxygen atoms in total. The predicted octanol–water partition coefficient (Wildman–Crippen LogP) is 4.00. The third-order valence-corrected chi connectivity index (χ3v) is 3.51. The number of hydrogen-bond donors (Lipinski definition) is 2. The minimum atomic E-state index is -0.215. The number of hydrogen-bond acceptors (Lipinski definition) is 2. The zero-order valence-electron chi connectivity index (χ0n) is 12.1. The van der Waals surface area contributed by atoms with Crippen LogP contribution in [-0.2, 0) is 6.54 Å². The minimum absolute atomic E-state index is 0.0696. The van der Waals surface area contributed by atoms with E-state index in [1.54, 1.807) is 12.1 Å². The van der Waals surface area contributed by atoms with E-state index >= 15 is 0 Å². The summed E-state index contributed by atoms with van der Waals surface area (Å²) in [6.45, 7) is 6.47. The topological polar surface area (TPSA) is 32.3 Å². The SMILES string of the molecule is Cc1cc(CN[C@H](C)c2cccc(F)c2)cc(C)c1O. The number of phenolic OH excluding ortho intramolecular Hbond substituents is 1. The fraction of sp³-hybridized carbons (Fsp3) is 0.294. The number of aromatic hydroxyl groups is 1. The molecule has 0 aliphatic rings. The second-order valence-corrected chi connectivity index (χ2v) is 5.24. The molecule has 2 N–H and O–H groups in total. The van der Waals surface area contributed by atoms with Crippen LogP contribution in [0.4, 0.5) is 4.39 Å². The van der Waals surface area contributed by atoms with Gasteiger partial charge in [-0.05, 0) is 55.2 Å². The first-order chi connectivity index (χ1) is 9.47. The van der Waals surface area contributed by atoms with Crippen LogP contribution in [0.5, 0.6) is 5.75 Å². The van der Waals surface area contributed by atoms with Crippen molar-refractivity contribution in [3.8, 4) is 5.75 Å². The molecule has 0 fully saturated rings. The Hall–Kier alpha value is -1.87. The Morgan fingerprint density at radius 3 is 2.40 bits per heavy atom. The van der Waals surface area contributed by atoms with Gasteiger partial charge in [-0.1, -0.05) is 24.3 Å². The lowest BCUT2D eigenvalue weighted by molar-refractivity contribution is 0.466. The maximum absolute atomic E-state index is 13.2. The summed E-state index contributed by atoms with van der Waals surface area (Å²) in [5.74, 6) is 0.138. The predicted molar refractivity (Wildman–Crippen MR) is 79.2 cm³/mol. The van der Waals surface area contributed by atoms with Crippen LogP contribution in [0.2, 0.25) is 0 Å². The zero-order valence-corrected chi connectivity index (χ0v) is 12.1. The number of aryl methyl sites for hydroxylation is 2. The summed E-state index contributed by atoms with van der Waals surface area (Å²) in [5, 5.41) is 13.1. The number of benzene rings is 2. The standard InChI is InChI=1S/C17H20FNO/c1-11-7-14(8-12(2)17(11)20)10-19-13(3)15-5-4-6-16(18)9-15/h4-9,13,19-20H,10H2,1-3H3/t13-/m1/s1. The fourth-order valence-electron chi connectivity index (χ4n) is 2.31. The quantitative estimate of drug-likeness (QED) is 0.882. The second kappa shape index (κ2) is 6.06. The zero-order chi connectivity index (χ0) is 14.7. The van der Waals surface area contributed by atoms with Gasteiger partial charge in [0.2, 0.25) is 0 Å². The molecule has 1 atom stereocenters. The van der Waals surface area contributed by atoms with Gasteiger partial charge in [-0.15, -0.1) is 0 Å². The molecule has 0 aromatic heterocycles. The third kappa shape index (κ3) is 3.36. The van der Waals surface area contributed by atoms with Crippen molar-refractivity contribution in [1.29, 1.82) is 0 Å². The van der Waals surface area contributed by atoms with Crippen LogP contribution >= 0.6 is 0 Å². The molecular formula is C17H20FNO. The molecule has 20 heavy (non-hydrogen) atoms. The lowest BCUT2D eigenvalue weighted by Gasteiger charge is -2.15. The van der Waals surface area contributed by atoms with Crippen LogP contribution in [0.25, 0.3) is 0 Å². The van der Waals surface area contributed by atoms with Gasteiger partial charge in [-0.3, -0.25) is 0 Å². The van der Waals surface area contributed by atoms with E-state index in [1.807, 2.05) is 39.0 Å². The van der Waals surface area contributed by atoms with E-state index in [-0.39, 0.29) is 11.9 Å². The van der Waals surface area contributed by atoms with E-state index < -0.39 is 0 Å². The number of nitrogens with one attached hydrogen (secondary N) is 1. The van der Waals surface area contributed by atoms with Gasteiger partial charge in [0.25, 0.3) is 0 Å². The molecule has 0 unspecified atom stereocenters. The molecule has 0 heterocycles. The largest absolute Gasteiger partial charge is 0.507 e. The lowest BCUT2D eigenvalue weighted by atomic mass is 10.0. The van der Waals surface area contributed by atoms with Gasteiger partial charge in [-0.25, -0.2) is 4.39 Å². The van der Waals surface area contributed by atoms with E-state index in [2.05, 4.69) is 5.32 Å². The molecule has 0 saturated carbocycles. The second-order valence-electron chi connectivity index (χ2n) is 5.24. The molecule has 3 heteroatoms. The summed E-state index contributed by atoms with van der Waals surface area (Å²) in [6.07, 6.45) is 0. The molecule has 2 rings (SSSR count). The van der Waals surface area contributed by atoms with Gasteiger partial charge in [0.05, 0.1) is 0 Å². The van der Waals surface area contributed by atoms with Crippen LogP contribution < -0.4 is 5.32 Å². The molecule has 0 amide bonds. The maximum Gasteiger partial charge on any atom is 0.123 e. The number of phenols is 1. The highest BCUT2D eigenvalue weighted by Gasteiger charge is 2.07. The van der Waals surface area contributed by atoms with Crippen LogP contribution in [0.15, 0.2) is 36.4 Å². The van der Waals surface area contributed by atoms with E-state index in [0.717, 1.165) is 22.3 Å². The summed E-state index contributed by atoms with van der Waals surface area (Å²) in [5.41, 5.74) is 3.79. The number of halogens is 1. The maximum atomic E-state index is 13.2. The van der Waals surface area contributed by atoms with E-state index in [0.29, 0.717) is 12.3 Å². The first-order valence-corrected chi connectivity index (χ1v) is 6.75. The summed E-state index contributed by atoms with van der Waals surface area (Å²) >= 11 is 0. The molecule has 0 radical (unpaired) electrons. The van der Waals surface area contributed by atoms with Crippen molar-refractivity contribution in [2.75, 3.05) is 0 Å². The van der Waals surface area contributed by atoms with Crippen LogP contribution in [0.1, 0.15) is 35.2 Å². The van der Waals surface area contributed by atoms with E-state index in [1.165, 1.54) is 6.07 Å². The molecule has 106 valence electrons. The smallest absolute Gasteiger partial charge is 0.123 e. The Balaban J connectivity index is 2.05. The van der Waals surface area contributed by atoms with Crippen molar-refractivity contribution >= 4 is 0 Å². The fourth-order valence-corrected chi connectivity index (χ4v) is 2.31. The van der Waals surface area contributed by atoms with Crippen molar-refractivity contribution in [3.63, 3.8) is 0 Å². The van der Waals surface area contributed by atoms with Crippen molar-refractivity contribution in [1.82, 2.24) is 5.32 Å². The van der Waals surface area contributed by atoms with Crippen molar-refractivity contribution in [2.24, 2.45) is 0 Å². The van der Waals surface area contributed by atoms with Gasteiger partial charge in [0, 0.05) is 12.6 Å². The Kier molecular flexibility index (Phi) is 4.40. The Labute approximate surface area is 119 Å². The molecule has 0 aliphatic heterocycles. The highest BCUT2D eigenvalue weighted by atomic mass is 19.1. The van der Waals surface area contributed by atoms with Crippen LogP contribution in [0, 0.1) is 19.7 Å². The Morgan fingerprint density at radius 1 is 1.15 bits per heavy atom. The van der Waals surface area contributed by atoms with E-state index in [9.17, 15) is 9.50 Å². The van der Waals surface area contributed by atoms with Crippen molar-refractivity contribution < 1.29 is 9.50 Å². The normalized spacial score (nSPS) is 12.4. The molecule has 2 aromatic carbocycles. The molecule has 0 bridgehead atoms. The first-order valence-electron chi connectivity index (χ1n) is 6.75. The molecule has 0 aliphatic carbocycles. The van der Waals surface area contributed by atoms with E-state index in [4.69, 9.17) is 0 Å². The Morgan fingerprint density at radius 2 is 1.80 bits per heavy atom. The van der Waals surface area contributed by atoms with Crippen molar-refractivity contribution in [3.05, 3.63) is 64.5 Å². The van der Waals surface area contributed by atoms with Gasteiger partial charge in [0.15, 0.2) is 0 Å². The monoisotopic (exact) mass is 273 g/mol. The summed E-state index contributed by atoms with van der Waals surface area (Å²) < 4.78 is 13.2. The van der Waals surface area contributed by atoms with Crippen LogP contribution in [-0.4, -0.2) is 5.11 Å². The lowest BCUT2D eigenvalue weighted by Crippen LogP contribution is -2.18. The molecule has 2 aromatic rings. The van der Waals surface area contributed by atoms with Gasteiger partial charge < -0.3 is 10.4 Å². The van der Waals surface area contributed by atoms with Gasteiger partial charge in [0.1, 0.15) is 11.6 Å². The van der Waals surface area contributed by atoms with Gasteiger partial charge in [-0.2, -0.15) is 0 Å². The van der Waals surface area contributed by atoms with Crippen LogP contribution in [0.3, 0.4) is 0 Å². The minimum Gasteiger partial charge on any atom is -0.507 e. The Bertz CT molecular complexity index is 587. The molecule has 0 spiro atoms. The third-order valence-electron chi connectivity index (χ3n) is 3.51. The highest BCUT2D eigenvalue weighted by Crippen LogP contribution is 2.23. The molecule has 0 saturated heterocycles. The average molecular weight is 273 g/mol.